The van der Waals surface area contributed by atoms with Crippen LogP contribution in [0.2, 0.25) is 5.02 Å². The SMILES string of the molecule is N=C(N)c1cccc(CN2CC[C@H](NS(=O)(=O)c3cc4cc(Cl)ccc4s3)C2=O)c1.O=C(O)C(F)(F)F. The van der Waals surface area contributed by atoms with E-state index in [1.807, 2.05) is 6.07 Å². The molecule has 1 aromatic heterocycles. The van der Waals surface area contributed by atoms with E-state index in [9.17, 15) is 26.4 Å². The first-order valence-corrected chi connectivity index (χ1v) is 13.1. The lowest BCUT2D eigenvalue weighted by molar-refractivity contribution is -0.192. The Hall–Kier alpha value is -3.20. The summed E-state index contributed by atoms with van der Waals surface area (Å²) in [5.74, 6) is -3.07. The Morgan fingerprint density at radius 3 is 2.54 bits per heavy atom. The van der Waals surface area contributed by atoms with E-state index in [1.54, 1.807) is 47.4 Å². The summed E-state index contributed by atoms with van der Waals surface area (Å²) < 4.78 is 60.9. The number of nitrogens with zero attached hydrogens (tertiary/aromatic N) is 1. The van der Waals surface area contributed by atoms with Gasteiger partial charge in [-0.15, -0.1) is 11.3 Å². The van der Waals surface area contributed by atoms with Crippen LogP contribution in [-0.4, -0.2) is 54.9 Å². The number of thiophene rings is 1. The normalized spacial score (nSPS) is 15.9. The number of amides is 1. The zero-order valence-electron chi connectivity index (χ0n) is 18.8. The maximum absolute atomic E-state index is 12.8. The van der Waals surface area contributed by atoms with Gasteiger partial charge in [0.2, 0.25) is 5.91 Å². The fourth-order valence-corrected chi connectivity index (χ4v) is 6.23. The largest absolute Gasteiger partial charge is 0.490 e. The van der Waals surface area contributed by atoms with Crippen molar-refractivity contribution in [2.45, 2.75) is 29.4 Å². The van der Waals surface area contributed by atoms with Gasteiger partial charge in [-0.1, -0.05) is 29.8 Å². The predicted molar refractivity (Wildman–Crippen MR) is 132 cm³/mol. The second-order valence-corrected chi connectivity index (χ2v) is 11.3. The second-order valence-electron chi connectivity index (χ2n) is 7.89. The average Bonchev–Trinajstić information content (AvgIpc) is 3.38. The van der Waals surface area contributed by atoms with Crippen molar-refractivity contribution in [1.29, 1.82) is 5.41 Å². The first kappa shape index (κ1) is 28.4. The van der Waals surface area contributed by atoms with Gasteiger partial charge in [0.25, 0.3) is 10.0 Å². The quantitative estimate of drug-likeness (QED) is 0.260. The van der Waals surface area contributed by atoms with Gasteiger partial charge in [-0.2, -0.15) is 17.9 Å². The molecule has 1 aliphatic heterocycles. The molecular formula is C22H20ClF3N4O5S2. The highest BCUT2D eigenvalue weighted by Crippen LogP contribution is 2.31. The average molecular weight is 577 g/mol. The molecule has 1 atom stereocenters. The molecule has 198 valence electrons. The van der Waals surface area contributed by atoms with Crippen LogP contribution in [0.25, 0.3) is 10.1 Å². The summed E-state index contributed by atoms with van der Waals surface area (Å²) in [5, 5.41) is 15.9. The van der Waals surface area contributed by atoms with Crippen LogP contribution in [0.4, 0.5) is 13.2 Å². The van der Waals surface area contributed by atoms with Crippen molar-refractivity contribution in [2.75, 3.05) is 6.54 Å². The molecule has 0 saturated carbocycles. The van der Waals surface area contributed by atoms with E-state index < -0.39 is 28.2 Å². The zero-order valence-corrected chi connectivity index (χ0v) is 21.1. The van der Waals surface area contributed by atoms with Crippen molar-refractivity contribution >= 4 is 60.8 Å². The standard InChI is InChI=1S/C20H19ClN4O3S2.C2HF3O2/c21-15-4-5-17-14(9-15)10-18(29-17)30(27,28)24-16-6-7-25(20(16)26)11-12-2-1-3-13(8-12)19(22)23;3-2(4,5)1(6)7/h1-5,8-10,16,24H,6-7,11H2,(H3,22,23);(H,6,7)/t16-;/m0./s1. The number of likely N-dealkylation sites (tertiary alicyclic amines) is 1. The number of nitrogen functional groups attached to an aromatic ring is 1. The van der Waals surface area contributed by atoms with Crippen LogP contribution in [0, 0.1) is 5.41 Å². The number of hydrogen-bond donors (Lipinski definition) is 4. The number of carbonyl (C=O) groups is 2. The van der Waals surface area contributed by atoms with E-state index in [-0.39, 0.29) is 16.0 Å². The van der Waals surface area contributed by atoms with Crippen LogP contribution >= 0.6 is 22.9 Å². The molecule has 2 heterocycles. The molecule has 0 bridgehead atoms. The molecule has 5 N–H and O–H groups in total. The molecule has 0 unspecified atom stereocenters. The minimum absolute atomic E-state index is 0.0418. The highest BCUT2D eigenvalue weighted by atomic mass is 35.5. The van der Waals surface area contributed by atoms with E-state index in [0.29, 0.717) is 30.1 Å². The Labute approximate surface area is 218 Å². The summed E-state index contributed by atoms with van der Waals surface area (Å²) in [6, 6.07) is 13.1. The van der Waals surface area contributed by atoms with Gasteiger partial charge in [0, 0.05) is 28.4 Å². The molecule has 9 nitrogen and oxygen atoms in total. The molecule has 0 radical (unpaired) electrons. The van der Waals surface area contributed by atoms with Crippen molar-refractivity contribution in [2.24, 2.45) is 5.73 Å². The maximum atomic E-state index is 12.8. The van der Waals surface area contributed by atoms with Gasteiger partial charge in [0.05, 0.1) is 0 Å². The lowest BCUT2D eigenvalue weighted by Gasteiger charge is -2.17. The van der Waals surface area contributed by atoms with Crippen molar-refractivity contribution in [1.82, 2.24) is 9.62 Å². The fourth-order valence-electron chi connectivity index (χ4n) is 3.43. The number of amidine groups is 1. The van der Waals surface area contributed by atoms with Gasteiger partial charge < -0.3 is 15.7 Å². The number of fused-ring (bicyclic) bond motifs is 1. The smallest absolute Gasteiger partial charge is 0.475 e. The molecular weight excluding hydrogens is 557 g/mol. The predicted octanol–water partition coefficient (Wildman–Crippen LogP) is 3.55. The molecule has 1 fully saturated rings. The third-order valence-electron chi connectivity index (χ3n) is 5.17. The summed E-state index contributed by atoms with van der Waals surface area (Å²) in [5.41, 5.74) is 6.94. The van der Waals surface area contributed by atoms with Gasteiger partial charge >= 0.3 is 12.1 Å². The number of carbonyl (C=O) groups excluding carboxylic acids is 1. The van der Waals surface area contributed by atoms with Crippen molar-refractivity contribution < 1.29 is 36.3 Å². The van der Waals surface area contributed by atoms with E-state index in [2.05, 4.69) is 4.72 Å². The lowest BCUT2D eigenvalue weighted by atomic mass is 10.1. The molecule has 1 amide bonds. The number of carboxylic acids is 1. The van der Waals surface area contributed by atoms with Crippen molar-refractivity contribution in [3.05, 3.63) is 64.7 Å². The Morgan fingerprint density at radius 1 is 1.24 bits per heavy atom. The number of nitrogens with one attached hydrogen (secondary N) is 2. The number of carboxylic acid groups (broad SMARTS) is 1. The first-order valence-electron chi connectivity index (χ1n) is 10.4. The van der Waals surface area contributed by atoms with Crippen LogP contribution in [0.5, 0.6) is 0 Å². The molecule has 37 heavy (non-hydrogen) atoms. The highest BCUT2D eigenvalue weighted by molar-refractivity contribution is 7.91. The Kier molecular flexibility index (Phi) is 8.47. The third-order valence-corrected chi connectivity index (χ3v) is 8.47. The summed E-state index contributed by atoms with van der Waals surface area (Å²) in [6.45, 7) is 0.776. The van der Waals surface area contributed by atoms with Crippen LogP contribution in [-0.2, 0) is 26.2 Å². The molecule has 1 saturated heterocycles. The Morgan fingerprint density at radius 2 is 1.92 bits per heavy atom. The third kappa shape index (κ3) is 7.19. The van der Waals surface area contributed by atoms with Gasteiger partial charge in [-0.05, 0) is 47.7 Å². The molecule has 0 spiro atoms. The number of halogens is 4. The van der Waals surface area contributed by atoms with E-state index in [4.69, 9.17) is 32.6 Å². The van der Waals surface area contributed by atoms with Gasteiger partial charge in [-0.3, -0.25) is 10.2 Å². The fraction of sp³-hybridized carbons (Fsp3) is 0.227. The van der Waals surface area contributed by atoms with Crippen molar-refractivity contribution in [3.63, 3.8) is 0 Å². The number of aliphatic carboxylic acids is 1. The zero-order chi connectivity index (χ0) is 27.5. The summed E-state index contributed by atoms with van der Waals surface area (Å²) in [4.78, 5) is 23.3. The van der Waals surface area contributed by atoms with Crippen LogP contribution in [0.1, 0.15) is 17.5 Å². The number of sulfonamides is 1. The number of alkyl halides is 3. The maximum Gasteiger partial charge on any atom is 0.490 e. The van der Waals surface area contributed by atoms with Crippen LogP contribution in [0.3, 0.4) is 0 Å². The van der Waals surface area contributed by atoms with Gasteiger partial charge in [0.15, 0.2) is 0 Å². The van der Waals surface area contributed by atoms with Gasteiger partial charge in [0.1, 0.15) is 16.1 Å². The van der Waals surface area contributed by atoms with Crippen molar-refractivity contribution in [3.8, 4) is 0 Å². The number of rotatable bonds is 6. The molecule has 0 aliphatic carbocycles. The molecule has 1 aliphatic rings. The molecule has 15 heteroatoms. The molecule has 4 rings (SSSR count). The minimum Gasteiger partial charge on any atom is -0.475 e. The molecule has 3 aromatic rings. The number of hydrogen-bond acceptors (Lipinski definition) is 6. The van der Waals surface area contributed by atoms with Gasteiger partial charge in [-0.25, -0.2) is 13.2 Å². The Balaban J connectivity index is 0.000000479. The molecule has 2 aromatic carbocycles. The number of nitrogens with two attached hydrogens (primary N) is 1. The van der Waals surface area contributed by atoms with E-state index >= 15 is 0 Å². The first-order chi connectivity index (χ1) is 17.2. The topological polar surface area (TPSA) is 154 Å². The summed E-state index contributed by atoms with van der Waals surface area (Å²) in [6.07, 6.45) is -4.69. The highest BCUT2D eigenvalue weighted by Gasteiger charge is 2.38. The van der Waals surface area contributed by atoms with Crippen LogP contribution in [0.15, 0.2) is 52.7 Å². The van der Waals surface area contributed by atoms with E-state index in [0.717, 1.165) is 27.0 Å². The minimum atomic E-state index is -5.08. The van der Waals surface area contributed by atoms with E-state index in [1.165, 1.54) is 0 Å². The summed E-state index contributed by atoms with van der Waals surface area (Å²) in [7, 11) is -3.83. The van der Waals surface area contributed by atoms with Crippen LogP contribution < -0.4 is 10.5 Å². The lowest BCUT2D eigenvalue weighted by Crippen LogP contribution is -2.41. The monoisotopic (exact) mass is 576 g/mol. The second kappa shape index (κ2) is 11.0. The summed E-state index contributed by atoms with van der Waals surface area (Å²) >= 11 is 7.12. The Bertz CT molecular complexity index is 1460. The number of benzene rings is 2.